The molecule has 0 radical (unpaired) electrons. The third kappa shape index (κ3) is 6.61. The molecule has 1 amide bonds. The molecule has 3 heterocycles. The molecule has 0 spiro atoms. The summed E-state index contributed by atoms with van der Waals surface area (Å²) < 4.78 is 56.1. The normalized spacial score (nSPS) is 18.6. The third-order valence-electron chi connectivity index (χ3n) is 7.56. The van der Waals surface area contributed by atoms with E-state index in [1.165, 1.54) is 6.07 Å². The van der Waals surface area contributed by atoms with Crippen molar-refractivity contribution in [2.75, 3.05) is 56.5 Å². The van der Waals surface area contributed by atoms with Gasteiger partial charge in [-0.2, -0.15) is 13.2 Å². The lowest BCUT2D eigenvalue weighted by Gasteiger charge is -2.35. The Morgan fingerprint density at radius 1 is 1.07 bits per heavy atom. The maximum Gasteiger partial charge on any atom is 0.417 e. The SMILES string of the molecule is CN1CCN(c2ccc(-c3cc(CN4CC[C@H](O)C4)ccc3F)cc2NC(=O)c2c[nH]c(=O)cc2C(F)(F)F)CC1. The van der Waals surface area contributed by atoms with Gasteiger partial charge in [-0.05, 0) is 48.9 Å². The fourth-order valence-corrected chi connectivity index (χ4v) is 5.32. The van der Waals surface area contributed by atoms with Crippen molar-refractivity contribution in [2.24, 2.45) is 0 Å². The van der Waals surface area contributed by atoms with E-state index < -0.39 is 34.6 Å². The summed E-state index contributed by atoms with van der Waals surface area (Å²) in [6, 6.07) is 10.1. The second-order valence-electron chi connectivity index (χ2n) is 10.6. The van der Waals surface area contributed by atoms with E-state index in [1.807, 2.05) is 11.9 Å². The van der Waals surface area contributed by atoms with Gasteiger partial charge in [0.05, 0.1) is 28.6 Å². The van der Waals surface area contributed by atoms with Crippen LogP contribution in [0.4, 0.5) is 28.9 Å². The van der Waals surface area contributed by atoms with Crippen LogP contribution < -0.4 is 15.8 Å². The lowest BCUT2D eigenvalue weighted by Crippen LogP contribution is -2.44. The van der Waals surface area contributed by atoms with Crippen LogP contribution in [-0.4, -0.2) is 78.2 Å². The number of carbonyl (C=O) groups is 1. The molecule has 218 valence electrons. The summed E-state index contributed by atoms with van der Waals surface area (Å²) in [6.45, 7) is 4.53. The van der Waals surface area contributed by atoms with Gasteiger partial charge in [0.15, 0.2) is 0 Å². The van der Waals surface area contributed by atoms with E-state index in [-0.39, 0.29) is 17.4 Å². The summed E-state index contributed by atoms with van der Waals surface area (Å²) in [5.74, 6) is -1.54. The van der Waals surface area contributed by atoms with E-state index in [0.717, 1.165) is 31.4 Å². The highest BCUT2D eigenvalue weighted by Gasteiger charge is 2.36. The van der Waals surface area contributed by atoms with Crippen LogP contribution in [0, 0.1) is 5.82 Å². The van der Waals surface area contributed by atoms with Crippen LogP contribution in [0.25, 0.3) is 11.1 Å². The number of aromatic nitrogens is 1. The molecule has 2 aromatic carbocycles. The third-order valence-corrected chi connectivity index (χ3v) is 7.56. The fraction of sp³-hybridized carbons (Fsp3) is 0.379. The minimum atomic E-state index is -4.92. The minimum absolute atomic E-state index is 0.226. The molecule has 3 N–H and O–H groups in total. The number of aliphatic hydroxyl groups excluding tert-OH is 1. The number of hydrogen-bond acceptors (Lipinski definition) is 6. The first-order chi connectivity index (χ1) is 19.5. The number of H-pyrrole nitrogens is 1. The number of alkyl halides is 3. The average molecular weight is 574 g/mol. The molecule has 2 fully saturated rings. The van der Waals surface area contributed by atoms with Gasteiger partial charge >= 0.3 is 6.18 Å². The molecule has 0 bridgehead atoms. The van der Waals surface area contributed by atoms with Crippen molar-refractivity contribution in [1.82, 2.24) is 14.8 Å². The summed E-state index contributed by atoms with van der Waals surface area (Å²) in [7, 11) is 1.98. The van der Waals surface area contributed by atoms with Gasteiger partial charge in [-0.25, -0.2) is 4.39 Å². The molecule has 5 rings (SSSR count). The Hall–Kier alpha value is -3.74. The van der Waals surface area contributed by atoms with Crippen LogP contribution in [0.1, 0.15) is 27.9 Å². The van der Waals surface area contributed by atoms with Crippen LogP contribution in [0.3, 0.4) is 0 Å². The molecule has 8 nitrogen and oxygen atoms in total. The summed E-state index contributed by atoms with van der Waals surface area (Å²) in [4.78, 5) is 33.2. The van der Waals surface area contributed by atoms with E-state index in [1.54, 1.807) is 30.3 Å². The molecule has 0 aliphatic carbocycles. The number of benzene rings is 2. The second-order valence-corrected chi connectivity index (χ2v) is 10.6. The maximum atomic E-state index is 15.1. The number of halogens is 4. The molecule has 2 saturated heterocycles. The number of amides is 1. The van der Waals surface area contributed by atoms with Crippen LogP contribution >= 0.6 is 0 Å². The Bertz CT molecular complexity index is 1480. The van der Waals surface area contributed by atoms with Gasteiger partial charge in [0.25, 0.3) is 5.91 Å². The molecule has 0 saturated carbocycles. The van der Waals surface area contributed by atoms with Crippen molar-refractivity contribution in [3.05, 3.63) is 81.5 Å². The Labute approximate surface area is 234 Å². The van der Waals surface area contributed by atoms with Crippen LogP contribution in [0.15, 0.2) is 53.5 Å². The predicted octanol–water partition coefficient (Wildman–Crippen LogP) is 3.77. The highest BCUT2D eigenvalue weighted by atomic mass is 19.4. The summed E-state index contributed by atoms with van der Waals surface area (Å²) >= 11 is 0. The van der Waals surface area contributed by atoms with Crippen molar-refractivity contribution >= 4 is 17.3 Å². The number of aromatic amines is 1. The van der Waals surface area contributed by atoms with Crippen molar-refractivity contribution in [1.29, 1.82) is 0 Å². The average Bonchev–Trinajstić information content (AvgIpc) is 3.34. The number of hydrogen-bond donors (Lipinski definition) is 3. The number of aliphatic hydroxyl groups is 1. The van der Waals surface area contributed by atoms with E-state index in [9.17, 15) is 27.9 Å². The number of nitrogens with one attached hydrogen (secondary N) is 2. The number of likely N-dealkylation sites (N-methyl/N-ethyl adjacent to an activating group) is 1. The molecule has 1 aromatic heterocycles. The van der Waals surface area contributed by atoms with E-state index >= 15 is 4.39 Å². The highest BCUT2D eigenvalue weighted by Crippen LogP contribution is 2.36. The number of carbonyl (C=O) groups excluding carboxylic acids is 1. The summed E-state index contributed by atoms with van der Waals surface area (Å²) in [5.41, 5.74) is -0.673. The molecule has 1 atom stereocenters. The first kappa shape index (κ1) is 28.8. The number of anilines is 2. The molecular formula is C29H31F4N5O3. The predicted molar refractivity (Wildman–Crippen MR) is 147 cm³/mol. The van der Waals surface area contributed by atoms with Gasteiger partial charge in [-0.3, -0.25) is 14.5 Å². The summed E-state index contributed by atoms with van der Waals surface area (Å²) in [5, 5.41) is 12.4. The number of rotatable bonds is 6. The Morgan fingerprint density at radius 2 is 1.83 bits per heavy atom. The van der Waals surface area contributed by atoms with Gasteiger partial charge in [0.2, 0.25) is 5.56 Å². The van der Waals surface area contributed by atoms with Gasteiger partial charge in [0.1, 0.15) is 5.82 Å². The van der Waals surface area contributed by atoms with Gasteiger partial charge in [-0.1, -0.05) is 12.1 Å². The molecule has 3 aromatic rings. The molecule has 2 aliphatic heterocycles. The quantitative estimate of drug-likeness (QED) is 0.389. The van der Waals surface area contributed by atoms with Gasteiger partial charge in [-0.15, -0.1) is 0 Å². The van der Waals surface area contributed by atoms with E-state index in [2.05, 4.69) is 20.1 Å². The van der Waals surface area contributed by atoms with Crippen LogP contribution in [-0.2, 0) is 12.7 Å². The minimum Gasteiger partial charge on any atom is -0.392 e. The fourth-order valence-electron chi connectivity index (χ4n) is 5.32. The highest BCUT2D eigenvalue weighted by molar-refractivity contribution is 6.07. The number of nitrogens with zero attached hydrogens (tertiary/aromatic N) is 3. The van der Waals surface area contributed by atoms with Crippen LogP contribution in [0.2, 0.25) is 0 Å². The Morgan fingerprint density at radius 3 is 2.51 bits per heavy atom. The molecular weight excluding hydrogens is 542 g/mol. The van der Waals surface area contributed by atoms with Crippen molar-refractivity contribution in [3.8, 4) is 11.1 Å². The summed E-state index contributed by atoms with van der Waals surface area (Å²) in [6.07, 6.45) is -3.88. The first-order valence-electron chi connectivity index (χ1n) is 13.4. The molecule has 2 aliphatic rings. The largest absolute Gasteiger partial charge is 0.417 e. The number of pyridine rings is 1. The van der Waals surface area contributed by atoms with Crippen molar-refractivity contribution in [2.45, 2.75) is 25.2 Å². The number of piperazine rings is 1. The zero-order chi connectivity index (χ0) is 29.3. The van der Waals surface area contributed by atoms with E-state index in [0.29, 0.717) is 49.9 Å². The first-order valence-corrected chi connectivity index (χ1v) is 13.4. The molecule has 0 unspecified atom stereocenters. The number of likely N-dealkylation sites (tertiary alicyclic amines) is 1. The van der Waals surface area contributed by atoms with Crippen molar-refractivity contribution < 1.29 is 27.5 Å². The zero-order valence-electron chi connectivity index (χ0n) is 22.5. The smallest absolute Gasteiger partial charge is 0.392 e. The standard InChI is InChI=1S/C29H31F4N5O3/c1-36-8-10-38(11-9-36)26-5-3-19(21-12-18(2-4-24(21)30)16-37-7-6-20(39)17-37)13-25(26)35-28(41)22-15-34-27(40)14-23(22)29(31,32)33/h2-5,12-15,20,39H,6-11,16-17H2,1H3,(H,34,40)(H,35,41)/t20-/m0/s1. The lowest BCUT2D eigenvalue weighted by atomic mass is 10.00. The van der Waals surface area contributed by atoms with E-state index in [4.69, 9.17) is 0 Å². The topological polar surface area (TPSA) is 91.9 Å². The van der Waals surface area contributed by atoms with Crippen molar-refractivity contribution in [3.63, 3.8) is 0 Å². The molecule has 12 heteroatoms. The monoisotopic (exact) mass is 573 g/mol. The van der Waals surface area contributed by atoms with Gasteiger partial charge < -0.3 is 25.2 Å². The maximum absolute atomic E-state index is 15.1. The zero-order valence-corrected chi connectivity index (χ0v) is 22.5. The Balaban J connectivity index is 1.51. The number of β-amino-alcohol motifs (C(OH)–C–C–N with tert-alkyl or cyclic N) is 1. The lowest BCUT2D eigenvalue weighted by molar-refractivity contribution is -0.138. The molecule has 41 heavy (non-hydrogen) atoms. The Kier molecular flexibility index (Phi) is 8.16. The second kappa shape index (κ2) is 11.6. The van der Waals surface area contributed by atoms with Gasteiger partial charge in [0, 0.05) is 63.6 Å². The van der Waals surface area contributed by atoms with Crippen LogP contribution in [0.5, 0.6) is 0 Å².